The third kappa shape index (κ3) is 5.09. The Hall–Kier alpha value is -0.820. The smallest absolute Gasteiger partial charge is 0.0256 e. The Labute approximate surface area is 157 Å². The van der Waals surface area contributed by atoms with Crippen LogP contribution in [0.2, 0.25) is 0 Å². The van der Waals surface area contributed by atoms with E-state index in [1.807, 2.05) is 19.9 Å². The van der Waals surface area contributed by atoms with Crippen LogP contribution in [0.25, 0.3) is 0 Å². The minimum atomic E-state index is 0.190. The number of nitrogens with two attached hydrogens (primary N) is 1. The average Bonchev–Trinajstić information content (AvgIpc) is 2.61. The van der Waals surface area contributed by atoms with Crippen molar-refractivity contribution in [2.24, 2.45) is 28.9 Å². The molecule has 0 saturated heterocycles. The Morgan fingerprint density at radius 2 is 2.04 bits per heavy atom. The molecule has 0 radical (unpaired) electrons. The summed E-state index contributed by atoms with van der Waals surface area (Å²) in [7, 11) is 0. The van der Waals surface area contributed by atoms with Gasteiger partial charge in [-0.2, -0.15) is 0 Å². The quantitative estimate of drug-likeness (QED) is 0.405. The summed E-state index contributed by atoms with van der Waals surface area (Å²) in [6.07, 6.45) is 14.4. The first-order valence-corrected chi connectivity index (χ1v) is 10.7. The minimum Gasteiger partial charge on any atom is -0.324 e. The van der Waals surface area contributed by atoms with Gasteiger partial charge in [0.1, 0.15) is 0 Å². The molecule has 0 bridgehead atoms. The summed E-state index contributed by atoms with van der Waals surface area (Å²) in [6.45, 7) is 19.6. The monoisotopic (exact) mass is 345 g/mol. The van der Waals surface area contributed by atoms with Gasteiger partial charge in [-0.1, -0.05) is 90.3 Å². The van der Waals surface area contributed by atoms with Gasteiger partial charge in [0, 0.05) is 6.04 Å². The molecule has 0 spiro atoms. The number of rotatable bonds is 6. The van der Waals surface area contributed by atoms with Gasteiger partial charge in [0.2, 0.25) is 0 Å². The van der Waals surface area contributed by atoms with E-state index < -0.39 is 0 Å². The number of unbranched alkanes of at least 4 members (excludes halogenated alkanes) is 1. The molecule has 0 aromatic rings. The third-order valence-electron chi connectivity index (χ3n) is 6.83. The van der Waals surface area contributed by atoms with Crippen molar-refractivity contribution in [3.05, 3.63) is 36.5 Å². The van der Waals surface area contributed by atoms with Gasteiger partial charge in [-0.25, -0.2) is 0 Å². The first-order valence-electron chi connectivity index (χ1n) is 10.7. The molecule has 2 saturated carbocycles. The lowest BCUT2D eigenvalue weighted by Gasteiger charge is -2.55. The van der Waals surface area contributed by atoms with Gasteiger partial charge in [-0.15, -0.1) is 0 Å². The number of fused-ring (bicyclic) bond motifs is 1. The molecule has 2 fully saturated rings. The van der Waals surface area contributed by atoms with Crippen LogP contribution in [0.4, 0.5) is 0 Å². The Morgan fingerprint density at radius 3 is 2.64 bits per heavy atom. The Kier molecular flexibility index (Phi) is 9.21. The SMILES string of the molecule is C=C/C(=C/CC1C(=C)C(N)CC2C(C)CCCC12C)CCCC.CC. The molecule has 0 heterocycles. The van der Waals surface area contributed by atoms with Crippen LogP contribution in [0.15, 0.2) is 36.5 Å². The van der Waals surface area contributed by atoms with E-state index in [2.05, 4.69) is 40.0 Å². The van der Waals surface area contributed by atoms with Crippen LogP contribution in [-0.4, -0.2) is 6.04 Å². The molecule has 5 atom stereocenters. The molecule has 5 unspecified atom stereocenters. The first kappa shape index (κ1) is 22.2. The van der Waals surface area contributed by atoms with Crippen LogP contribution in [0.1, 0.15) is 86.0 Å². The van der Waals surface area contributed by atoms with Crippen LogP contribution in [0.5, 0.6) is 0 Å². The highest BCUT2D eigenvalue weighted by molar-refractivity contribution is 5.24. The van der Waals surface area contributed by atoms with Crippen LogP contribution in [0, 0.1) is 23.2 Å². The van der Waals surface area contributed by atoms with Crippen LogP contribution < -0.4 is 5.73 Å². The molecule has 144 valence electrons. The molecule has 0 aliphatic heterocycles. The Balaban J connectivity index is 0.00000151. The van der Waals surface area contributed by atoms with Crippen LogP contribution in [0.3, 0.4) is 0 Å². The van der Waals surface area contributed by atoms with Gasteiger partial charge in [0.25, 0.3) is 0 Å². The van der Waals surface area contributed by atoms with Crippen molar-refractivity contribution in [3.63, 3.8) is 0 Å². The standard InChI is InChI=1S/C22H37N.C2H6/c1-6-8-11-18(7-2)12-13-19-17(4)21(23)15-20-16(3)10-9-14-22(19,20)5;1-2/h7,12,16,19-21H,2,4,6,8-11,13-15,23H2,1,3,5H3;1-2H3/b18-12-;. The maximum atomic E-state index is 6.48. The first-order chi connectivity index (χ1) is 11.9. The molecule has 2 N–H and O–H groups in total. The van der Waals surface area contributed by atoms with Crippen molar-refractivity contribution >= 4 is 0 Å². The summed E-state index contributed by atoms with van der Waals surface area (Å²) in [6, 6.07) is 0.190. The summed E-state index contributed by atoms with van der Waals surface area (Å²) in [4.78, 5) is 0. The Bertz CT molecular complexity index is 461. The zero-order chi connectivity index (χ0) is 19.0. The normalized spacial score (nSPS) is 35.4. The van der Waals surface area contributed by atoms with E-state index in [4.69, 9.17) is 5.73 Å². The van der Waals surface area contributed by atoms with Gasteiger partial charge < -0.3 is 5.73 Å². The van der Waals surface area contributed by atoms with E-state index in [0.29, 0.717) is 11.3 Å². The van der Waals surface area contributed by atoms with Crippen molar-refractivity contribution in [2.75, 3.05) is 0 Å². The van der Waals surface area contributed by atoms with E-state index in [0.717, 1.165) is 31.1 Å². The van der Waals surface area contributed by atoms with Crippen molar-refractivity contribution in [3.8, 4) is 0 Å². The van der Waals surface area contributed by atoms with Gasteiger partial charge >= 0.3 is 0 Å². The van der Waals surface area contributed by atoms with E-state index in [1.165, 1.54) is 43.3 Å². The minimum absolute atomic E-state index is 0.190. The lowest BCUT2D eigenvalue weighted by atomic mass is 9.50. The fraction of sp³-hybridized carbons (Fsp3) is 0.750. The van der Waals surface area contributed by atoms with Gasteiger partial charge in [-0.3, -0.25) is 0 Å². The molecule has 1 heteroatoms. The summed E-state index contributed by atoms with van der Waals surface area (Å²) >= 11 is 0. The average molecular weight is 346 g/mol. The van der Waals surface area contributed by atoms with Crippen LogP contribution >= 0.6 is 0 Å². The Morgan fingerprint density at radius 1 is 1.36 bits per heavy atom. The second kappa shape index (κ2) is 10.4. The topological polar surface area (TPSA) is 26.0 Å². The van der Waals surface area contributed by atoms with Gasteiger partial charge in [-0.05, 0) is 55.3 Å². The number of hydrogen-bond acceptors (Lipinski definition) is 1. The highest BCUT2D eigenvalue weighted by Crippen LogP contribution is 2.57. The molecule has 2 aliphatic rings. The molecule has 0 amide bonds. The molecule has 25 heavy (non-hydrogen) atoms. The fourth-order valence-electron chi connectivity index (χ4n) is 5.24. The molecular weight excluding hydrogens is 302 g/mol. The van der Waals surface area contributed by atoms with Gasteiger partial charge in [0.05, 0.1) is 0 Å². The predicted molar refractivity (Wildman–Crippen MR) is 114 cm³/mol. The summed E-state index contributed by atoms with van der Waals surface area (Å²) in [5, 5.41) is 0. The van der Waals surface area contributed by atoms with Crippen molar-refractivity contribution in [1.29, 1.82) is 0 Å². The highest BCUT2D eigenvalue weighted by Gasteiger charge is 2.50. The van der Waals surface area contributed by atoms with E-state index in [1.54, 1.807) is 0 Å². The maximum absolute atomic E-state index is 6.48. The fourth-order valence-corrected chi connectivity index (χ4v) is 5.24. The van der Waals surface area contributed by atoms with E-state index in [-0.39, 0.29) is 6.04 Å². The maximum Gasteiger partial charge on any atom is 0.0256 e. The summed E-state index contributed by atoms with van der Waals surface area (Å²) < 4.78 is 0. The zero-order valence-electron chi connectivity index (χ0n) is 17.6. The molecule has 2 rings (SSSR count). The molecule has 2 aliphatic carbocycles. The number of allylic oxidation sites excluding steroid dienone is 3. The predicted octanol–water partition coefficient (Wildman–Crippen LogP) is 7.05. The van der Waals surface area contributed by atoms with E-state index >= 15 is 0 Å². The zero-order valence-corrected chi connectivity index (χ0v) is 17.6. The van der Waals surface area contributed by atoms with Crippen molar-refractivity contribution < 1.29 is 0 Å². The van der Waals surface area contributed by atoms with Crippen molar-refractivity contribution in [2.45, 2.75) is 92.0 Å². The van der Waals surface area contributed by atoms with Crippen LogP contribution in [-0.2, 0) is 0 Å². The largest absolute Gasteiger partial charge is 0.324 e. The summed E-state index contributed by atoms with van der Waals surface area (Å²) in [5.41, 5.74) is 9.57. The molecule has 0 aromatic heterocycles. The van der Waals surface area contributed by atoms with E-state index in [9.17, 15) is 0 Å². The molecular formula is C24H43N. The lowest BCUT2D eigenvalue weighted by molar-refractivity contribution is -0.00775. The summed E-state index contributed by atoms with van der Waals surface area (Å²) in [5.74, 6) is 2.10. The highest BCUT2D eigenvalue weighted by atomic mass is 14.7. The third-order valence-corrected chi connectivity index (χ3v) is 6.83. The van der Waals surface area contributed by atoms with Gasteiger partial charge in [0.15, 0.2) is 0 Å². The second-order valence-corrected chi connectivity index (χ2v) is 8.27. The molecule has 1 nitrogen and oxygen atoms in total. The molecule has 0 aromatic carbocycles. The second-order valence-electron chi connectivity index (χ2n) is 8.27. The lowest BCUT2D eigenvalue weighted by Crippen LogP contribution is -2.51. The number of hydrogen-bond donors (Lipinski definition) is 1. The van der Waals surface area contributed by atoms with Crippen molar-refractivity contribution in [1.82, 2.24) is 0 Å².